The van der Waals surface area contributed by atoms with Crippen molar-refractivity contribution in [2.24, 2.45) is 5.92 Å². The summed E-state index contributed by atoms with van der Waals surface area (Å²) < 4.78 is 10.5. The van der Waals surface area contributed by atoms with E-state index in [2.05, 4.69) is 79.7 Å². The van der Waals surface area contributed by atoms with Crippen molar-refractivity contribution in [3.05, 3.63) is 114 Å². The molecule has 0 N–H and O–H groups in total. The van der Waals surface area contributed by atoms with E-state index >= 15 is 0 Å². The zero-order valence-corrected chi connectivity index (χ0v) is 22.1. The Bertz CT molecular complexity index is 1200. The van der Waals surface area contributed by atoms with Crippen molar-refractivity contribution >= 4 is 34.7 Å². The molecule has 0 heterocycles. The number of carbonyl (C=O) groups excluding carboxylic acids is 2. The van der Waals surface area contributed by atoms with Gasteiger partial charge in [0.25, 0.3) is 0 Å². The molecule has 1 aliphatic carbocycles. The Balaban J connectivity index is 1.80. The van der Waals surface area contributed by atoms with Crippen LogP contribution in [0, 0.1) is 5.92 Å². The summed E-state index contributed by atoms with van der Waals surface area (Å²) in [5.41, 5.74) is 0.949. The number of benzene rings is 3. The van der Waals surface area contributed by atoms with E-state index in [1.54, 1.807) is 6.92 Å². The quantitative estimate of drug-likeness (QED) is 0.308. The highest BCUT2D eigenvalue weighted by atomic mass is 31.2. The highest BCUT2D eigenvalue weighted by Gasteiger charge is 2.47. The van der Waals surface area contributed by atoms with Crippen LogP contribution in [0.25, 0.3) is 0 Å². The number of methoxy groups -OCH3 is 2. The van der Waals surface area contributed by atoms with Crippen molar-refractivity contribution in [1.82, 2.24) is 0 Å². The molecule has 36 heavy (non-hydrogen) atoms. The molecule has 1 unspecified atom stereocenters. The minimum atomic E-state index is -2.06. The van der Waals surface area contributed by atoms with Crippen molar-refractivity contribution in [3.63, 3.8) is 0 Å². The van der Waals surface area contributed by atoms with Crippen LogP contribution in [0.3, 0.4) is 0 Å². The van der Waals surface area contributed by atoms with E-state index in [0.717, 1.165) is 6.16 Å². The molecule has 5 heteroatoms. The maximum atomic E-state index is 13.3. The normalized spacial score (nSPS) is 15.2. The van der Waals surface area contributed by atoms with Gasteiger partial charge in [-0.3, -0.25) is 9.59 Å². The molecular formula is C31H32O4P+. The molecule has 184 valence electrons. The molecule has 0 fully saturated rings. The molecule has 1 atom stereocenters. The van der Waals surface area contributed by atoms with Crippen LogP contribution in [-0.2, 0) is 19.1 Å². The van der Waals surface area contributed by atoms with E-state index < -0.39 is 7.26 Å². The summed E-state index contributed by atoms with van der Waals surface area (Å²) in [6.45, 7) is 3.88. The lowest BCUT2D eigenvalue weighted by Crippen LogP contribution is -2.35. The fourth-order valence-corrected chi connectivity index (χ4v) is 9.76. The van der Waals surface area contributed by atoms with Crippen molar-refractivity contribution in [2.45, 2.75) is 20.3 Å². The predicted molar refractivity (Wildman–Crippen MR) is 148 cm³/mol. The second kappa shape index (κ2) is 11.1. The second-order valence-electron chi connectivity index (χ2n) is 9.14. The number of rotatable bonds is 9. The molecule has 0 aromatic heterocycles. The van der Waals surface area contributed by atoms with Gasteiger partial charge in [-0.1, -0.05) is 61.5 Å². The number of Topliss-reactive ketones (excluding diaryl/α,β-unsaturated/α-hetero) is 2. The van der Waals surface area contributed by atoms with Gasteiger partial charge in [0.2, 0.25) is 23.1 Å². The molecule has 0 radical (unpaired) electrons. The Hall–Kier alpha value is -3.49. The first-order chi connectivity index (χ1) is 17.4. The molecule has 0 bridgehead atoms. The average Bonchev–Trinajstić information content (AvgIpc) is 2.93. The van der Waals surface area contributed by atoms with Gasteiger partial charge in [0.05, 0.1) is 20.4 Å². The average molecular weight is 500 g/mol. The largest absolute Gasteiger partial charge is 0.489 e. The van der Waals surface area contributed by atoms with Gasteiger partial charge in [0.15, 0.2) is 0 Å². The van der Waals surface area contributed by atoms with Gasteiger partial charge < -0.3 is 9.47 Å². The third-order valence-corrected chi connectivity index (χ3v) is 11.5. The van der Waals surface area contributed by atoms with Crippen LogP contribution < -0.4 is 15.9 Å². The molecule has 0 saturated carbocycles. The Morgan fingerprint density at radius 3 is 1.44 bits per heavy atom. The Labute approximate surface area is 214 Å². The summed E-state index contributed by atoms with van der Waals surface area (Å²) in [7, 11) is 0.730. The number of ether oxygens (including phenoxy) is 2. The van der Waals surface area contributed by atoms with E-state index in [1.807, 2.05) is 18.2 Å². The highest BCUT2D eigenvalue weighted by molar-refractivity contribution is 7.95. The summed E-state index contributed by atoms with van der Waals surface area (Å²) in [6.07, 6.45) is 1.33. The first-order valence-electron chi connectivity index (χ1n) is 12.1. The monoisotopic (exact) mass is 499 g/mol. The maximum absolute atomic E-state index is 13.3. The highest BCUT2D eigenvalue weighted by Crippen LogP contribution is 2.57. The fourth-order valence-electron chi connectivity index (χ4n) is 5.13. The predicted octanol–water partition coefficient (Wildman–Crippen LogP) is 4.98. The first-order valence-corrected chi connectivity index (χ1v) is 14.1. The van der Waals surface area contributed by atoms with Crippen LogP contribution in [-0.4, -0.2) is 31.9 Å². The van der Waals surface area contributed by atoms with Gasteiger partial charge in [0.1, 0.15) is 23.2 Å². The van der Waals surface area contributed by atoms with E-state index in [9.17, 15) is 9.59 Å². The van der Waals surface area contributed by atoms with Gasteiger partial charge in [-0.25, -0.2) is 0 Å². The van der Waals surface area contributed by atoms with Crippen molar-refractivity contribution in [2.75, 3.05) is 20.4 Å². The Morgan fingerprint density at radius 2 is 1.06 bits per heavy atom. The zero-order chi connectivity index (χ0) is 25.7. The molecule has 1 aliphatic rings. The maximum Gasteiger partial charge on any atom is 0.228 e. The van der Waals surface area contributed by atoms with Crippen LogP contribution in [0.5, 0.6) is 0 Å². The Morgan fingerprint density at radius 1 is 0.667 bits per heavy atom. The van der Waals surface area contributed by atoms with E-state index in [1.165, 1.54) is 30.1 Å². The molecular weight excluding hydrogens is 467 g/mol. The minimum Gasteiger partial charge on any atom is -0.489 e. The first kappa shape index (κ1) is 25.6. The van der Waals surface area contributed by atoms with Crippen LogP contribution in [0.15, 0.2) is 114 Å². The van der Waals surface area contributed by atoms with E-state index in [0.29, 0.717) is 17.6 Å². The van der Waals surface area contributed by atoms with Crippen LogP contribution in [0.2, 0.25) is 0 Å². The number of hydrogen-bond acceptors (Lipinski definition) is 4. The molecule has 0 aliphatic heterocycles. The fraction of sp³-hybridized carbons (Fsp3) is 0.226. The van der Waals surface area contributed by atoms with Gasteiger partial charge >= 0.3 is 0 Å². The Kier molecular flexibility index (Phi) is 7.86. The van der Waals surface area contributed by atoms with E-state index in [-0.39, 0.29) is 29.0 Å². The standard InChI is InChI=1S/C31H32O4P/c1-22(20-27-23(2)28(32)30(34-3)31(35-4)29(27)33)21-36(24-14-8-5-9-15-24,25-16-10-6-11-17-25)26-18-12-7-13-19-26/h5-19,22H,20-21H2,1-4H3/q+1. The van der Waals surface area contributed by atoms with Gasteiger partial charge in [-0.05, 0) is 55.7 Å². The van der Waals surface area contributed by atoms with E-state index in [4.69, 9.17) is 9.47 Å². The summed E-state index contributed by atoms with van der Waals surface area (Å²) in [6, 6.07) is 32.0. The topological polar surface area (TPSA) is 52.6 Å². The third kappa shape index (κ3) is 4.66. The lowest BCUT2D eigenvalue weighted by molar-refractivity contribution is -0.121. The number of allylic oxidation sites excluding steroid dienone is 2. The lowest BCUT2D eigenvalue weighted by Gasteiger charge is -2.31. The summed E-state index contributed by atoms with van der Waals surface area (Å²) in [4.78, 5) is 26.3. The van der Waals surface area contributed by atoms with Gasteiger partial charge in [-0.15, -0.1) is 0 Å². The lowest BCUT2D eigenvalue weighted by atomic mass is 9.88. The van der Waals surface area contributed by atoms with Crippen molar-refractivity contribution < 1.29 is 19.1 Å². The minimum absolute atomic E-state index is 0.00876. The molecule has 0 spiro atoms. The summed E-state index contributed by atoms with van der Waals surface area (Å²) in [5, 5.41) is 3.89. The van der Waals surface area contributed by atoms with Gasteiger partial charge in [0, 0.05) is 11.1 Å². The molecule has 4 rings (SSSR count). The van der Waals surface area contributed by atoms with Crippen molar-refractivity contribution in [3.8, 4) is 0 Å². The third-order valence-electron chi connectivity index (χ3n) is 6.82. The summed E-state index contributed by atoms with van der Waals surface area (Å²) >= 11 is 0. The van der Waals surface area contributed by atoms with Crippen LogP contribution in [0.1, 0.15) is 20.3 Å². The SMILES string of the molecule is COC1=C(OC)C(=O)C(CC(C)C[P+](c2ccccc2)(c2ccccc2)c2ccccc2)=C(C)C1=O. The van der Waals surface area contributed by atoms with Crippen LogP contribution >= 0.6 is 7.26 Å². The van der Waals surface area contributed by atoms with Gasteiger partial charge in [-0.2, -0.15) is 0 Å². The second-order valence-corrected chi connectivity index (χ2v) is 12.7. The molecule has 0 saturated heterocycles. The zero-order valence-electron chi connectivity index (χ0n) is 21.2. The van der Waals surface area contributed by atoms with Crippen molar-refractivity contribution in [1.29, 1.82) is 0 Å². The molecule has 0 amide bonds. The smallest absolute Gasteiger partial charge is 0.228 e. The molecule has 3 aromatic rings. The summed E-state index contributed by atoms with van der Waals surface area (Å²) in [5.74, 6) is -0.461. The number of carbonyl (C=O) groups is 2. The molecule has 3 aromatic carbocycles. The molecule has 4 nitrogen and oxygen atoms in total. The number of ketones is 2. The van der Waals surface area contributed by atoms with Crippen LogP contribution in [0.4, 0.5) is 0 Å². The number of hydrogen-bond donors (Lipinski definition) is 0.